The Morgan fingerprint density at radius 2 is 2.09 bits per heavy atom. The molecule has 0 aromatic rings. The summed E-state index contributed by atoms with van der Waals surface area (Å²) in [5.74, 6) is -0.431. The van der Waals surface area contributed by atoms with Crippen molar-refractivity contribution in [2.24, 2.45) is 0 Å². The van der Waals surface area contributed by atoms with Crippen LogP contribution < -0.4 is 0 Å². The number of halogens is 4. The van der Waals surface area contributed by atoms with Gasteiger partial charge in [0, 0.05) is 19.4 Å². The number of nitrogens with zero attached hydrogens (tertiary/aromatic N) is 1. The zero-order chi connectivity index (χ0) is 16.7. The minimum atomic E-state index is -5.78. The molecule has 0 bridgehead atoms. The second-order valence-electron chi connectivity index (χ2n) is 4.65. The number of fused-ring (bicyclic) bond motifs is 1. The lowest BCUT2D eigenvalue weighted by Gasteiger charge is -2.30. The molecule has 2 heterocycles. The van der Waals surface area contributed by atoms with E-state index in [-0.39, 0.29) is 30.5 Å². The minimum absolute atomic E-state index is 0.0122. The van der Waals surface area contributed by atoms with Crippen LogP contribution in [0.2, 0.25) is 0 Å². The monoisotopic (exact) mass is 409 g/mol. The Morgan fingerprint density at radius 3 is 2.64 bits per heavy atom. The lowest BCUT2D eigenvalue weighted by Crippen LogP contribution is -2.42. The van der Waals surface area contributed by atoms with Crippen LogP contribution in [0.1, 0.15) is 12.8 Å². The Hall–Kier alpha value is -1.01. The predicted octanol–water partition coefficient (Wildman–Crippen LogP) is 1.43. The number of carbonyl (C=O) groups excluding carboxylic acids is 1. The van der Waals surface area contributed by atoms with E-state index in [0.717, 1.165) is 0 Å². The zero-order valence-corrected chi connectivity index (χ0v) is 13.2. The fourth-order valence-electron chi connectivity index (χ4n) is 2.21. The third-order valence-electron chi connectivity index (χ3n) is 3.23. The fraction of sp³-hybridized carbons (Fsp3) is 0.700. The lowest BCUT2D eigenvalue weighted by molar-refractivity contribution is -0.0526. The third-order valence-corrected chi connectivity index (χ3v) is 4.91. The van der Waals surface area contributed by atoms with Gasteiger partial charge in [-0.3, -0.25) is 4.90 Å². The highest BCUT2D eigenvalue weighted by Gasteiger charge is 2.51. The summed E-state index contributed by atoms with van der Waals surface area (Å²) in [4.78, 5) is 12.9. The molecule has 0 aliphatic carbocycles. The number of hydrogen-bond acceptors (Lipinski definition) is 6. The van der Waals surface area contributed by atoms with Gasteiger partial charge in [-0.1, -0.05) is 0 Å². The summed E-state index contributed by atoms with van der Waals surface area (Å²) in [6.07, 6.45) is -1.61. The van der Waals surface area contributed by atoms with Gasteiger partial charge in [-0.2, -0.15) is 21.6 Å². The normalized spacial score (nSPS) is 26.0. The lowest BCUT2D eigenvalue weighted by atomic mass is 10.0. The van der Waals surface area contributed by atoms with Crippen molar-refractivity contribution < 1.29 is 40.4 Å². The first-order valence-electron chi connectivity index (χ1n) is 6.03. The standard InChI is InChI=1S/C10H11BrF3NO6S/c11-5-4-15-6(7(1-2-16)20-9(15)17)3-8(5)21-22(18,19)10(12,13)14/h6-7,16H,1-4H2/t6-,7-/m0/s1. The SMILES string of the molecule is O=C1O[C@@H](CCO)[C@@H]2CC(OS(=O)(=O)C(F)(F)F)=C(Br)CN12. The first kappa shape index (κ1) is 17.3. The quantitative estimate of drug-likeness (QED) is 0.557. The van der Waals surface area contributed by atoms with Crippen LogP contribution in [-0.4, -0.2) is 55.3 Å². The molecule has 0 spiro atoms. The van der Waals surface area contributed by atoms with Crippen molar-refractivity contribution >= 4 is 32.1 Å². The summed E-state index contributed by atoms with van der Waals surface area (Å²) in [5.41, 5.74) is -5.54. The van der Waals surface area contributed by atoms with Crippen molar-refractivity contribution in [3.05, 3.63) is 10.2 Å². The van der Waals surface area contributed by atoms with Gasteiger partial charge in [0.05, 0.1) is 17.1 Å². The van der Waals surface area contributed by atoms with E-state index < -0.39 is 39.6 Å². The highest BCUT2D eigenvalue weighted by molar-refractivity contribution is 9.11. The number of alkyl halides is 3. The fourth-order valence-corrected chi connectivity index (χ4v) is 3.36. The Balaban J connectivity index is 2.23. The number of aliphatic hydroxyl groups is 1. The summed E-state index contributed by atoms with van der Waals surface area (Å²) >= 11 is 2.92. The largest absolute Gasteiger partial charge is 0.534 e. The number of aliphatic hydroxyl groups excluding tert-OH is 1. The van der Waals surface area contributed by atoms with E-state index in [1.807, 2.05) is 0 Å². The molecule has 1 fully saturated rings. The molecule has 0 saturated carbocycles. The average Bonchev–Trinajstić information content (AvgIpc) is 2.65. The van der Waals surface area contributed by atoms with Crippen molar-refractivity contribution in [1.29, 1.82) is 0 Å². The average molecular weight is 410 g/mol. The van der Waals surface area contributed by atoms with E-state index in [1.165, 1.54) is 4.90 Å². The molecular weight excluding hydrogens is 399 g/mol. The van der Waals surface area contributed by atoms with Crippen molar-refractivity contribution in [3.8, 4) is 0 Å². The van der Waals surface area contributed by atoms with Gasteiger partial charge in [0.1, 0.15) is 11.9 Å². The van der Waals surface area contributed by atoms with Gasteiger partial charge >= 0.3 is 21.7 Å². The van der Waals surface area contributed by atoms with Crippen molar-refractivity contribution in [1.82, 2.24) is 4.90 Å². The van der Waals surface area contributed by atoms with Crippen LogP contribution in [0.15, 0.2) is 10.2 Å². The molecule has 2 aliphatic heterocycles. The van der Waals surface area contributed by atoms with E-state index in [4.69, 9.17) is 9.84 Å². The van der Waals surface area contributed by atoms with Crippen molar-refractivity contribution in [3.63, 3.8) is 0 Å². The van der Waals surface area contributed by atoms with Crippen LogP contribution >= 0.6 is 15.9 Å². The molecule has 0 radical (unpaired) electrons. The van der Waals surface area contributed by atoms with E-state index in [0.29, 0.717) is 0 Å². The third kappa shape index (κ3) is 3.18. The van der Waals surface area contributed by atoms with E-state index >= 15 is 0 Å². The molecular formula is C10H11BrF3NO6S. The van der Waals surface area contributed by atoms with Gasteiger partial charge in [0.2, 0.25) is 0 Å². The number of rotatable bonds is 4. The van der Waals surface area contributed by atoms with Crippen LogP contribution in [-0.2, 0) is 19.0 Å². The molecule has 2 atom stereocenters. The van der Waals surface area contributed by atoms with Crippen LogP contribution in [0.4, 0.5) is 18.0 Å². The molecule has 0 aromatic heterocycles. The molecule has 2 aliphatic rings. The molecule has 0 unspecified atom stereocenters. The zero-order valence-electron chi connectivity index (χ0n) is 10.8. The Bertz CT molecular complexity index is 604. The molecule has 1 N–H and O–H groups in total. The van der Waals surface area contributed by atoms with Crippen LogP contribution in [0.5, 0.6) is 0 Å². The predicted molar refractivity (Wildman–Crippen MR) is 69.1 cm³/mol. The molecule has 126 valence electrons. The topological polar surface area (TPSA) is 93.1 Å². The van der Waals surface area contributed by atoms with Gasteiger partial charge in [-0.15, -0.1) is 0 Å². The minimum Gasteiger partial charge on any atom is -0.444 e. The van der Waals surface area contributed by atoms with Crippen LogP contribution in [0.25, 0.3) is 0 Å². The van der Waals surface area contributed by atoms with Gasteiger partial charge in [-0.05, 0) is 15.9 Å². The smallest absolute Gasteiger partial charge is 0.444 e. The highest BCUT2D eigenvalue weighted by atomic mass is 79.9. The van der Waals surface area contributed by atoms with E-state index in [9.17, 15) is 26.4 Å². The Labute approximate surface area is 131 Å². The van der Waals surface area contributed by atoms with E-state index in [1.54, 1.807) is 0 Å². The maximum atomic E-state index is 12.4. The van der Waals surface area contributed by atoms with Gasteiger partial charge in [0.15, 0.2) is 0 Å². The maximum absolute atomic E-state index is 12.4. The maximum Gasteiger partial charge on any atom is 0.534 e. The number of carbonyl (C=O) groups is 1. The molecule has 22 heavy (non-hydrogen) atoms. The molecule has 7 nitrogen and oxygen atoms in total. The van der Waals surface area contributed by atoms with Gasteiger partial charge < -0.3 is 14.0 Å². The first-order chi connectivity index (χ1) is 10.1. The first-order valence-corrected chi connectivity index (χ1v) is 8.23. The van der Waals surface area contributed by atoms with E-state index in [2.05, 4.69) is 20.1 Å². The molecule has 0 aromatic carbocycles. The number of amides is 1. The number of hydrogen-bond donors (Lipinski definition) is 1. The number of cyclic esters (lactones) is 1. The summed E-state index contributed by atoms with van der Waals surface area (Å²) < 4.78 is 68.4. The Morgan fingerprint density at radius 1 is 1.45 bits per heavy atom. The molecule has 1 saturated heterocycles. The summed E-state index contributed by atoms with van der Waals surface area (Å²) in [7, 11) is -5.78. The summed E-state index contributed by atoms with van der Waals surface area (Å²) in [5, 5.41) is 8.91. The van der Waals surface area contributed by atoms with Gasteiger partial charge in [-0.25, -0.2) is 4.79 Å². The molecule has 12 heteroatoms. The van der Waals surface area contributed by atoms with Crippen molar-refractivity contribution in [2.75, 3.05) is 13.2 Å². The second kappa shape index (κ2) is 5.89. The van der Waals surface area contributed by atoms with Crippen LogP contribution in [0, 0.1) is 0 Å². The van der Waals surface area contributed by atoms with Crippen LogP contribution in [0.3, 0.4) is 0 Å². The highest BCUT2D eigenvalue weighted by Crippen LogP contribution is 2.38. The van der Waals surface area contributed by atoms with Crippen molar-refractivity contribution in [2.45, 2.75) is 30.5 Å². The van der Waals surface area contributed by atoms with Gasteiger partial charge in [0.25, 0.3) is 0 Å². The second-order valence-corrected chi connectivity index (χ2v) is 7.14. The molecule has 2 rings (SSSR count). The number of ether oxygens (including phenoxy) is 1. The Kier molecular flexibility index (Phi) is 4.64. The molecule has 1 amide bonds. The summed E-state index contributed by atoms with van der Waals surface area (Å²) in [6.45, 7) is -0.460. The summed E-state index contributed by atoms with van der Waals surface area (Å²) in [6, 6.07) is -0.695.